The Morgan fingerprint density at radius 2 is 2.17 bits per heavy atom. The van der Waals surface area contributed by atoms with Crippen molar-refractivity contribution in [1.29, 1.82) is 0 Å². The zero-order valence-corrected chi connectivity index (χ0v) is 6.68. The van der Waals surface area contributed by atoms with Gasteiger partial charge in [-0.3, -0.25) is 9.55 Å². The fourth-order valence-corrected chi connectivity index (χ4v) is 0.969. The maximum atomic E-state index is 4.28. The van der Waals surface area contributed by atoms with Gasteiger partial charge in [-0.25, -0.2) is 9.97 Å². The molecule has 0 unspecified atom stereocenters. The second kappa shape index (κ2) is 2.73. The van der Waals surface area contributed by atoms with Crippen molar-refractivity contribution in [3.8, 4) is 5.82 Å². The Hall–Kier alpha value is -1.71. The van der Waals surface area contributed by atoms with Crippen LogP contribution >= 0.6 is 0 Å². The minimum Gasteiger partial charge on any atom is -0.289 e. The summed E-state index contributed by atoms with van der Waals surface area (Å²) in [6.07, 6.45) is 8.67. The van der Waals surface area contributed by atoms with Crippen molar-refractivity contribution >= 4 is 0 Å². The Kier molecular flexibility index (Phi) is 1.59. The first kappa shape index (κ1) is 6.97. The van der Waals surface area contributed by atoms with Gasteiger partial charge in [-0.2, -0.15) is 0 Å². The van der Waals surface area contributed by atoms with Crippen molar-refractivity contribution in [3.63, 3.8) is 0 Å². The van der Waals surface area contributed by atoms with Gasteiger partial charge in [-0.15, -0.1) is 0 Å². The van der Waals surface area contributed by atoms with Crippen LogP contribution in [0.2, 0.25) is 0 Å². The molecule has 0 aliphatic carbocycles. The zero-order valence-electron chi connectivity index (χ0n) is 6.68. The number of hydrogen-bond acceptors (Lipinski definition) is 3. The molecular formula is C8H8N4. The van der Waals surface area contributed by atoms with E-state index in [0.29, 0.717) is 0 Å². The van der Waals surface area contributed by atoms with Crippen molar-refractivity contribution in [2.45, 2.75) is 6.92 Å². The molecule has 0 N–H and O–H groups in total. The van der Waals surface area contributed by atoms with Gasteiger partial charge in [-0.05, 0) is 6.92 Å². The molecule has 0 aliphatic heterocycles. The third kappa shape index (κ3) is 1.18. The van der Waals surface area contributed by atoms with Crippen LogP contribution in [-0.2, 0) is 0 Å². The Morgan fingerprint density at radius 1 is 1.25 bits per heavy atom. The van der Waals surface area contributed by atoms with E-state index >= 15 is 0 Å². The molecule has 0 saturated heterocycles. The molecule has 0 bridgehead atoms. The minimum atomic E-state index is 0.799. The Labute approximate surface area is 69.9 Å². The van der Waals surface area contributed by atoms with Crippen LogP contribution in [0, 0.1) is 6.92 Å². The molecule has 0 spiro atoms. The average molecular weight is 160 g/mol. The number of aryl methyl sites for hydroxylation is 1. The maximum absolute atomic E-state index is 4.28. The topological polar surface area (TPSA) is 43.6 Å². The third-order valence-corrected chi connectivity index (χ3v) is 1.51. The molecule has 4 heteroatoms. The summed E-state index contributed by atoms with van der Waals surface area (Å²) < 4.78 is 1.82. The fraction of sp³-hybridized carbons (Fsp3) is 0.125. The van der Waals surface area contributed by atoms with E-state index < -0.39 is 0 Å². The molecule has 2 aromatic heterocycles. The number of aromatic nitrogens is 4. The molecule has 0 saturated carbocycles. The molecule has 2 rings (SSSR count). The summed E-state index contributed by atoms with van der Waals surface area (Å²) in [6.45, 7) is 1.91. The fourth-order valence-electron chi connectivity index (χ4n) is 0.969. The molecule has 12 heavy (non-hydrogen) atoms. The predicted octanol–water partition coefficient (Wildman–Crippen LogP) is 0.971. The maximum Gasteiger partial charge on any atom is 0.156 e. The SMILES string of the molecule is Cc1cncc(-n2ccnc2)n1. The first-order valence-electron chi connectivity index (χ1n) is 3.63. The molecule has 4 nitrogen and oxygen atoms in total. The summed E-state index contributed by atoms with van der Waals surface area (Å²) in [5, 5.41) is 0. The van der Waals surface area contributed by atoms with Gasteiger partial charge in [0, 0.05) is 18.6 Å². The minimum absolute atomic E-state index is 0.799. The van der Waals surface area contributed by atoms with Crippen molar-refractivity contribution in [3.05, 3.63) is 36.8 Å². The van der Waals surface area contributed by atoms with Crippen LogP contribution in [0.25, 0.3) is 5.82 Å². The summed E-state index contributed by atoms with van der Waals surface area (Å²) in [5.41, 5.74) is 0.904. The van der Waals surface area contributed by atoms with Gasteiger partial charge in [0.1, 0.15) is 6.33 Å². The van der Waals surface area contributed by atoms with Crippen LogP contribution in [0.5, 0.6) is 0 Å². The van der Waals surface area contributed by atoms with E-state index in [0.717, 1.165) is 11.5 Å². The lowest BCUT2D eigenvalue weighted by Gasteiger charge is -1.99. The number of hydrogen-bond donors (Lipinski definition) is 0. The van der Waals surface area contributed by atoms with Gasteiger partial charge < -0.3 is 0 Å². The van der Waals surface area contributed by atoms with E-state index in [9.17, 15) is 0 Å². The normalized spacial score (nSPS) is 10.1. The lowest BCUT2D eigenvalue weighted by atomic mass is 10.5. The molecule has 60 valence electrons. The lowest BCUT2D eigenvalue weighted by molar-refractivity contribution is 0.949. The molecule has 0 fully saturated rings. The Morgan fingerprint density at radius 3 is 2.83 bits per heavy atom. The summed E-state index contributed by atoms with van der Waals surface area (Å²) in [6, 6.07) is 0. The average Bonchev–Trinajstić information content (AvgIpc) is 2.56. The van der Waals surface area contributed by atoms with Crippen molar-refractivity contribution < 1.29 is 0 Å². The standard InChI is InChI=1S/C8H8N4/c1-7-4-10-5-8(11-7)12-3-2-9-6-12/h2-6H,1H3. The molecule has 0 atom stereocenters. The van der Waals surface area contributed by atoms with E-state index in [1.54, 1.807) is 24.9 Å². The van der Waals surface area contributed by atoms with Crippen molar-refractivity contribution in [2.75, 3.05) is 0 Å². The second-order valence-corrected chi connectivity index (χ2v) is 2.49. The van der Waals surface area contributed by atoms with Gasteiger partial charge in [0.25, 0.3) is 0 Å². The molecule has 2 aromatic rings. The van der Waals surface area contributed by atoms with E-state index in [1.807, 2.05) is 17.7 Å². The summed E-state index contributed by atoms with van der Waals surface area (Å²) in [5.74, 6) is 0.799. The smallest absolute Gasteiger partial charge is 0.156 e. The monoisotopic (exact) mass is 160 g/mol. The van der Waals surface area contributed by atoms with Crippen molar-refractivity contribution in [1.82, 2.24) is 19.5 Å². The van der Waals surface area contributed by atoms with Crippen molar-refractivity contribution in [2.24, 2.45) is 0 Å². The van der Waals surface area contributed by atoms with Crippen LogP contribution in [0.15, 0.2) is 31.1 Å². The van der Waals surface area contributed by atoms with E-state index in [2.05, 4.69) is 15.0 Å². The quantitative estimate of drug-likeness (QED) is 0.624. The summed E-state index contributed by atoms with van der Waals surface area (Å²) >= 11 is 0. The van der Waals surface area contributed by atoms with Gasteiger partial charge in [0.15, 0.2) is 5.82 Å². The van der Waals surface area contributed by atoms with Crippen LogP contribution in [0.3, 0.4) is 0 Å². The lowest BCUT2D eigenvalue weighted by Crippen LogP contribution is -1.96. The first-order valence-corrected chi connectivity index (χ1v) is 3.63. The summed E-state index contributed by atoms with van der Waals surface area (Å²) in [7, 11) is 0. The summed E-state index contributed by atoms with van der Waals surface area (Å²) in [4.78, 5) is 12.2. The van der Waals surface area contributed by atoms with Gasteiger partial charge >= 0.3 is 0 Å². The molecule has 2 heterocycles. The number of imidazole rings is 1. The Bertz CT molecular complexity index is 366. The number of rotatable bonds is 1. The molecule has 0 aliphatic rings. The highest BCUT2D eigenvalue weighted by atomic mass is 15.1. The largest absolute Gasteiger partial charge is 0.289 e. The third-order valence-electron chi connectivity index (χ3n) is 1.51. The van der Waals surface area contributed by atoms with Gasteiger partial charge in [0.2, 0.25) is 0 Å². The Balaban J connectivity index is 2.48. The molecule has 0 amide bonds. The molecule has 0 aromatic carbocycles. The van der Waals surface area contributed by atoms with Gasteiger partial charge in [0.05, 0.1) is 11.9 Å². The van der Waals surface area contributed by atoms with Crippen LogP contribution < -0.4 is 0 Å². The highest BCUT2D eigenvalue weighted by molar-refractivity contribution is 5.18. The van der Waals surface area contributed by atoms with E-state index in [4.69, 9.17) is 0 Å². The second-order valence-electron chi connectivity index (χ2n) is 2.49. The van der Waals surface area contributed by atoms with E-state index in [-0.39, 0.29) is 0 Å². The van der Waals surface area contributed by atoms with E-state index in [1.165, 1.54) is 0 Å². The first-order chi connectivity index (χ1) is 5.86. The van der Waals surface area contributed by atoms with Gasteiger partial charge in [-0.1, -0.05) is 0 Å². The van der Waals surface area contributed by atoms with Crippen LogP contribution in [-0.4, -0.2) is 19.5 Å². The predicted molar refractivity (Wildman–Crippen MR) is 43.9 cm³/mol. The molecular weight excluding hydrogens is 152 g/mol. The zero-order chi connectivity index (χ0) is 8.39. The number of nitrogens with zero attached hydrogens (tertiary/aromatic N) is 4. The highest BCUT2D eigenvalue weighted by Gasteiger charge is 1.95. The molecule has 0 radical (unpaired) electrons. The van der Waals surface area contributed by atoms with Crippen LogP contribution in [0.4, 0.5) is 0 Å². The highest BCUT2D eigenvalue weighted by Crippen LogP contribution is 2.01. The van der Waals surface area contributed by atoms with Crippen LogP contribution in [0.1, 0.15) is 5.69 Å².